The fraction of sp³-hybridized carbons (Fsp3) is 0.389. The first-order valence-corrected chi connectivity index (χ1v) is 8.45. The Kier molecular flexibility index (Phi) is 5.11. The fourth-order valence-corrected chi connectivity index (χ4v) is 2.28. The summed E-state index contributed by atoms with van der Waals surface area (Å²) in [6.45, 7) is 6.51. The van der Waals surface area contributed by atoms with Gasteiger partial charge in [0.15, 0.2) is 5.82 Å². The van der Waals surface area contributed by atoms with E-state index in [0.717, 1.165) is 11.3 Å². The summed E-state index contributed by atoms with van der Waals surface area (Å²) in [4.78, 5) is 20.3. The Morgan fingerprint density at radius 1 is 1.23 bits per heavy atom. The van der Waals surface area contributed by atoms with Crippen molar-refractivity contribution in [2.45, 2.75) is 45.6 Å². The van der Waals surface area contributed by atoms with Crippen molar-refractivity contribution in [2.75, 3.05) is 0 Å². The molecule has 3 rings (SSSR count). The first-order valence-electron chi connectivity index (χ1n) is 8.45. The van der Waals surface area contributed by atoms with Crippen LogP contribution in [0.25, 0.3) is 5.69 Å². The predicted octanol–water partition coefficient (Wildman–Crippen LogP) is 2.20. The molecule has 1 aromatic carbocycles. The number of nitrogens with zero attached hydrogens (tertiary/aromatic N) is 5. The van der Waals surface area contributed by atoms with Gasteiger partial charge in [0, 0.05) is 24.8 Å². The summed E-state index contributed by atoms with van der Waals surface area (Å²) in [5.74, 6) is 1.09. The van der Waals surface area contributed by atoms with Gasteiger partial charge in [0.2, 0.25) is 11.8 Å². The van der Waals surface area contributed by atoms with Crippen molar-refractivity contribution in [2.24, 2.45) is 0 Å². The molecular weight excluding hydrogens is 332 g/mol. The van der Waals surface area contributed by atoms with Crippen LogP contribution in [0.5, 0.6) is 0 Å². The van der Waals surface area contributed by atoms with Crippen molar-refractivity contribution in [1.82, 2.24) is 30.2 Å². The Balaban J connectivity index is 1.46. The summed E-state index contributed by atoms with van der Waals surface area (Å²) >= 11 is 0. The minimum atomic E-state index is -0.164. The molecule has 1 amide bonds. The summed E-state index contributed by atoms with van der Waals surface area (Å²) in [6.07, 6.45) is 3.87. The van der Waals surface area contributed by atoms with Gasteiger partial charge in [-0.15, -0.1) is 0 Å². The maximum atomic E-state index is 12.0. The molecule has 0 aliphatic carbocycles. The maximum Gasteiger partial charge on any atom is 0.227 e. The second-order valence-corrected chi connectivity index (χ2v) is 7.04. The Hall–Kier alpha value is -3.03. The van der Waals surface area contributed by atoms with Gasteiger partial charge in [0.25, 0.3) is 0 Å². The number of rotatable bonds is 6. The molecule has 8 nitrogen and oxygen atoms in total. The summed E-state index contributed by atoms with van der Waals surface area (Å²) in [6, 6.07) is 7.76. The molecule has 1 N–H and O–H groups in total. The van der Waals surface area contributed by atoms with E-state index in [2.05, 4.69) is 25.5 Å². The van der Waals surface area contributed by atoms with Crippen LogP contribution in [0.15, 0.2) is 41.4 Å². The number of hydrogen-bond donors (Lipinski definition) is 1. The number of carbonyl (C=O) groups excluding carboxylic acids is 1. The third kappa shape index (κ3) is 4.53. The van der Waals surface area contributed by atoms with Gasteiger partial charge in [0.05, 0.1) is 5.69 Å². The molecule has 0 unspecified atom stereocenters. The van der Waals surface area contributed by atoms with Gasteiger partial charge in [-0.2, -0.15) is 10.1 Å². The molecule has 26 heavy (non-hydrogen) atoms. The molecule has 0 bridgehead atoms. The molecule has 0 radical (unpaired) electrons. The van der Waals surface area contributed by atoms with Gasteiger partial charge in [-0.1, -0.05) is 38.1 Å². The Labute approximate surface area is 151 Å². The van der Waals surface area contributed by atoms with E-state index in [4.69, 9.17) is 4.52 Å². The molecule has 0 saturated heterocycles. The lowest BCUT2D eigenvalue weighted by molar-refractivity contribution is -0.121. The number of benzene rings is 1. The highest BCUT2D eigenvalue weighted by atomic mass is 16.5. The number of carbonyl (C=O) groups is 1. The molecule has 2 aromatic heterocycles. The summed E-state index contributed by atoms with van der Waals surface area (Å²) in [5, 5.41) is 10.9. The van der Waals surface area contributed by atoms with E-state index in [0.29, 0.717) is 31.1 Å². The predicted molar refractivity (Wildman–Crippen MR) is 94.5 cm³/mol. The van der Waals surface area contributed by atoms with E-state index in [9.17, 15) is 4.79 Å². The smallest absolute Gasteiger partial charge is 0.227 e. The molecule has 136 valence electrons. The molecule has 0 fully saturated rings. The number of amides is 1. The highest BCUT2D eigenvalue weighted by Crippen LogP contribution is 2.18. The summed E-state index contributed by atoms with van der Waals surface area (Å²) < 4.78 is 6.88. The number of aryl methyl sites for hydroxylation is 1. The van der Waals surface area contributed by atoms with Crippen molar-refractivity contribution in [3.8, 4) is 5.69 Å². The van der Waals surface area contributed by atoms with E-state index >= 15 is 0 Å². The molecule has 2 heterocycles. The third-order valence-corrected chi connectivity index (χ3v) is 3.81. The molecule has 8 heteroatoms. The van der Waals surface area contributed by atoms with E-state index in [-0.39, 0.29) is 11.3 Å². The molecule has 0 atom stereocenters. The van der Waals surface area contributed by atoms with Gasteiger partial charge in [0.1, 0.15) is 12.7 Å². The van der Waals surface area contributed by atoms with Crippen LogP contribution in [0, 0.1) is 0 Å². The average Bonchev–Trinajstić information content (AvgIpc) is 3.29. The van der Waals surface area contributed by atoms with Crippen LogP contribution in [-0.4, -0.2) is 30.8 Å². The number of aromatic nitrogens is 5. The van der Waals surface area contributed by atoms with Crippen LogP contribution in [0.2, 0.25) is 0 Å². The zero-order valence-corrected chi connectivity index (χ0v) is 15.1. The highest BCUT2D eigenvalue weighted by molar-refractivity contribution is 5.76. The van der Waals surface area contributed by atoms with Crippen LogP contribution in [0.1, 0.15) is 44.5 Å². The minimum Gasteiger partial charge on any atom is -0.352 e. The van der Waals surface area contributed by atoms with Crippen molar-refractivity contribution >= 4 is 5.91 Å². The van der Waals surface area contributed by atoms with E-state index in [1.165, 1.54) is 6.33 Å². The maximum absolute atomic E-state index is 12.0. The lowest BCUT2D eigenvalue weighted by atomic mass is 9.96. The molecule has 0 spiro atoms. The lowest BCUT2D eigenvalue weighted by Gasteiger charge is -2.10. The third-order valence-electron chi connectivity index (χ3n) is 3.81. The first-order chi connectivity index (χ1) is 12.4. The van der Waals surface area contributed by atoms with Gasteiger partial charge >= 0.3 is 0 Å². The van der Waals surface area contributed by atoms with Crippen LogP contribution >= 0.6 is 0 Å². The monoisotopic (exact) mass is 354 g/mol. The van der Waals surface area contributed by atoms with E-state index in [1.807, 2.05) is 45.0 Å². The number of hydrogen-bond acceptors (Lipinski definition) is 6. The lowest BCUT2D eigenvalue weighted by Crippen LogP contribution is -2.23. The standard InChI is InChI=1S/C18H22N6O2/c1-18(2,3)17-22-16(26-23-17)9-8-15(25)20-10-13-4-6-14(7-5-13)24-12-19-11-21-24/h4-7,11-12H,8-10H2,1-3H3,(H,20,25). The Morgan fingerprint density at radius 3 is 2.62 bits per heavy atom. The molecule has 3 aromatic rings. The summed E-state index contributed by atoms with van der Waals surface area (Å²) in [7, 11) is 0. The quantitative estimate of drug-likeness (QED) is 0.728. The van der Waals surface area contributed by atoms with Gasteiger partial charge in [-0.25, -0.2) is 9.67 Å². The molecular formula is C18H22N6O2. The Bertz CT molecular complexity index is 847. The SMILES string of the molecule is CC(C)(C)c1noc(CCC(=O)NCc2ccc(-n3cncn3)cc2)n1. The minimum absolute atomic E-state index is 0.0548. The summed E-state index contributed by atoms with van der Waals surface area (Å²) in [5.41, 5.74) is 1.77. The largest absolute Gasteiger partial charge is 0.352 e. The Morgan fingerprint density at radius 2 is 2.00 bits per heavy atom. The van der Waals surface area contributed by atoms with Crippen molar-refractivity contribution in [3.05, 3.63) is 54.2 Å². The molecule has 0 saturated carbocycles. The van der Waals surface area contributed by atoms with Gasteiger partial charge < -0.3 is 9.84 Å². The second-order valence-electron chi connectivity index (χ2n) is 7.04. The second kappa shape index (κ2) is 7.47. The number of nitrogens with one attached hydrogen (secondary N) is 1. The van der Waals surface area contributed by atoms with Crippen molar-refractivity contribution < 1.29 is 9.32 Å². The fourth-order valence-electron chi connectivity index (χ4n) is 2.28. The average molecular weight is 354 g/mol. The zero-order valence-electron chi connectivity index (χ0n) is 15.1. The van der Waals surface area contributed by atoms with Crippen LogP contribution < -0.4 is 5.32 Å². The van der Waals surface area contributed by atoms with Crippen LogP contribution in [0.4, 0.5) is 0 Å². The normalized spacial score (nSPS) is 11.5. The van der Waals surface area contributed by atoms with Crippen LogP contribution in [-0.2, 0) is 23.2 Å². The first kappa shape index (κ1) is 17.8. The highest BCUT2D eigenvalue weighted by Gasteiger charge is 2.21. The van der Waals surface area contributed by atoms with Gasteiger partial charge in [-0.3, -0.25) is 4.79 Å². The van der Waals surface area contributed by atoms with Crippen LogP contribution in [0.3, 0.4) is 0 Å². The van der Waals surface area contributed by atoms with Crippen molar-refractivity contribution in [3.63, 3.8) is 0 Å². The van der Waals surface area contributed by atoms with Crippen molar-refractivity contribution in [1.29, 1.82) is 0 Å². The van der Waals surface area contributed by atoms with Gasteiger partial charge in [-0.05, 0) is 17.7 Å². The molecule has 0 aliphatic rings. The molecule has 0 aliphatic heterocycles. The topological polar surface area (TPSA) is 98.7 Å². The zero-order chi connectivity index (χ0) is 18.6. The van der Waals surface area contributed by atoms with E-state index in [1.54, 1.807) is 11.0 Å². The van der Waals surface area contributed by atoms with E-state index < -0.39 is 0 Å².